The van der Waals surface area contributed by atoms with Crippen LogP contribution in [0, 0.1) is 11.8 Å². The number of hydrogen-bond acceptors (Lipinski definition) is 4. The van der Waals surface area contributed by atoms with E-state index in [1.54, 1.807) is 6.20 Å². The van der Waals surface area contributed by atoms with Crippen LogP contribution in [0.3, 0.4) is 0 Å². The number of nitrogens with two attached hydrogens (primary N) is 1. The van der Waals surface area contributed by atoms with Gasteiger partial charge in [0, 0.05) is 38.1 Å². The maximum absolute atomic E-state index is 12.3. The molecule has 0 aromatic carbocycles. The predicted molar refractivity (Wildman–Crippen MR) is 101 cm³/mol. The molecule has 2 atom stereocenters. The van der Waals surface area contributed by atoms with Gasteiger partial charge < -0.3 is 15.8 Å². The van der Waals surface area contributed by atoms with Gasteiger partial charge in [0.2, 0.25) is 5.91 Å². The molecule has 24 heavy (non-hydrogen) atoms. The van der Waals surface area contributed by atoms with Gasteiger partial charge in [0.15, 0.2) is 0 Å². The molecule has 0 aliphatic carbocycles. The van der Waals surface area contributed by atoms with Crippen molar-refractivity contribution >= 4 is 30.7 Å². The van der Waals surface area contributed by atoms with Gasteiger partial charge in [0.05, 0.1) is 6.04 Å². The quantitative estimate of drug-likeness (QED) is 0.798. The Hall–Kier alpha value is -0.880. The standard InChI is InChI=1S/C17H27N3O2.2ClH/c1-12(2)15(14-4-3-7-19-10-14)11-20-17(21)16(18)13-5-8-22-9-6-13;;/h3-4,7,10,12-13,15-16H,5-6,8-9,11,18H2,1-2H3,(H,20,21);2*1H. The van der Waals surface area contributed by atoms with Crippen LogP contribution in [-0.2, 0) is 9.53 Å². The van der Waals surface area contributed by atoms with Crippen LogP contribution >= 0.6 is 24.8 Å². The number of nitrogens with one attached hydrogen (secondary N) is 1. The zero-order valence-corrected chi connectivity index (χ0v) is 15.9. The van der Waals surface area contributed by atoms with Crippen molar-refractivity contribution in [3.63, 3.8) is 0 Å². The minimum absolute atomic E-state index is 0. The molecule has 2 unspecified atom stereocenters. The molecule has 1 amide bonds. The highest BCUT2D eigenvalue weighted by Gasteiger charge is 2.27. The minimum Gasteiger partial charge on any atom is -0.381 e. The van der Waals surface area contributed by atoms with E-state index >= 15 is 0 Å². The van der Waals surface area contributed by atoms with Crippen LogP contribution in [-0.4, -0.2) is 36.7 Å². The fourth-order valence-corrected chi connectivity index (χ4v) is 2.95. The van der Waals surface area contributed by atoms with Crippen molar-refractivity contribution in [1.29, 1.82) is 0 Å². The Morgan fingerprint density at radius 3 is 2.58 bits per heavy atom. The summed E-state index contributed by atoms with van der Waals surface area (Å²) < 4.78 is 5.32. The first-order chi connectivity index (χ1) is 10.6. The number of carbonyl (C=O) groups is 1. The Balaban J connectivity index is 0.00000264. The maximum Gasteiger partial charge on any atom is 0.237 e. The number of amides is 1. The summed E-state index contributed by atoms with van der Waals surface area (Å²) in [6.45, 7) is 6.31. The summed E-state index contributed by atoms with van der Waals surface area (Å²) in [4.78, 5) is 16.5. The number of hydrogen-bond donors (Lipinski definition) is 2. The Morgan fingerprint density at radius 1 is 1.38 bits per heavy atom. The molecule has 7 heteroatoms. The van der Waals surface area contributed by atoms with Gasteiger partial charge in [-0.25, -0.2) is 0 Å². The van der Waals surface area contributed by atoms with Gasteiger partial charge in [-0.2, -0.15) is 0 Å². The zero-order valence-electron chi connectivity index (χ0n) is 14.3. The number of rotatable bonds is 6. The predicted octanol–water partition coefficient (Wildman–Crippen LogP) is 2.53. The third-order valence-electron chi connectivity index (χ3n) is 4.49. The molecular weight excluding hydrogens is 349 g/mol. The molecule has 138 valence electrons. The number of ether oxygens (including phenoxy) is 1. The molecular formula is C17H29Cl2N3O2. The summed E-state index contributed by atoms with van der Waals surface area (Å²) in [7, 11) is 0. The van der Waals surface area contributed by atoms with Crippen molar-refractivity contribution in [2.75, 3.05) is 19.8 Å². The van der Waals surface area contributed by atoms with Crippen molar-refractivity contribution in [3.8, 4) is 0 Å². The molecule has 3 N–H and O–H groups in total. The van der Waals surface area contributed by atoms with E-state index in [4.69, 9.17) is 10.5 Å². The molecule has 0 saturated carbocycles. The van der Waals surface area contributed by atoms with Gasteiger partial charge >= 0.3 is 0 Å². The van der Waals surface area contributed by atoms with Crippen molar-refractivity contribution in [3.05, 3.63) is 30.1 Å². The van der Waals surface area contributed by atoms with E-state index in [9.17, 15) is 4.79 Å². The molecule has 5 nitrogen and oxygen atoms in total. The second-order valence-corrected chi connectivity index (χ2v) is 6.36. The summed E-state index contributed by atoms with van der Waals surface area (Å²) in [5.74, 6) is 0.842. The zero-order chi connectivity index (χ0) is 15.9. The molecule has 1 aliphatic rings. The Labute approximate surface area is 156 Å². The lowest BCUT2D eigenvalue weighted by Gasteiger charge is -2.28. The third-order valence-corrected chi connectivity index (χ3v) is 4.49. The molecule has 1 fully saturated rings. The molecule has 0 spiro atoms. The van der Waals surface area contributed by atoms with Crippen LogP contribution < -0.4 is 11.1 Å². The van der Waals surface area contributed by atoms with Crippen molar-refractivity contribution in [2.24, 2.45) is 17.6 Å². The summed E-state index contributed by atoms with van der Waals surface area (Å²) in [5, 5.41) is 3.03. The smallest absolute Gasteiger partial charge is 0.237 e. The van der Waals surface area contributed by atoms with Crippen molar-refractivity contribution < 1.29 is 9.53 Å². The number of aromatic nitrogens is 1. The number of halogens is 2. The van der Waals surface area contributed by atoms with Crippen LogP contribution in [0.5, 0.6) is 0 Å². The fourth-order valence-electron chi connectivity index (χ4n) is 2.95. The third kappa shape index (κ3) is 6.55. The number of pyridine rings is 1. The lowest BCUT2D eigenvalue weighted by molar-refractivity contribution is -0.124. The molecule has 2 heterocycles. The molecule has 1 saturated heterocycles. The van der Waals surface area contributed by atoms with Gasteiger partial charge in [0.25, 0.3) is 0 Å². The van der Waals surface area contributed by atoms with E-state index in [0.29, 0.717) is 25.7 Å². The highest BCUT2D eigenvalue weighted by Crippen LogP contribution is 2.23. The molecule has 1 aliphatic heterocycles. The highest BCUT2D eigenvalue weighted by atomic mass is 35.5. The molecule has 1 aromatic heterocycles. The largest absolute Gasteiger partial charge is 0.381 e. The second kappa shape index (κ2) is 11.6. The summed E-state index contributed by atoms with van der Waals surface area (Å²) in [6, 6.07) is 3.55. The highest BCUT2D eigenvalue weighted by molar-refractivity contribution is 5.85. The average Bonchev–Trinajstić information content (AvgIpc) is 2.55. The van der Waals surface area contributed by atoms with E-state index in [-0.39, 0.29) is 42.6 Å². The van der Waals surface area contributed by atoms with Crippen LogP contribution in [0.15, 0.2) is 24.5 Å². The summed E-state index contributed by atoms with van der Waals surface area (Å²) in [5.41, 5.74) is 7.26. The van der Waals surface area contributed by atoms with E-state index < -0.39 is 6.04 Å². The Bertz CT molecular complexity index is 468. The van der Waals surface area contributed by atoms with Gasteiger partial charge in [-0.1, -0.05) is 19.9 Å². The number of carbonyl (C=O) groups excluding carboxylic acids is 1. The van der Waals surface area contributed by atoms with Crippen LogP contribution in [0.1, 0.15) is 38.2 Å². The first-order valence-electron chi connectivity index (χ1n) is 8.10. The molecule has 1 aromatic rings. The maximum atomic E-state index is 12.3. The summed E-state index contributed by atoms with van der Waals surface area (Å²) >= 11 is 0. The van der Waals surface area contributed by atoms with E-state index in [1.807, 2.05) is 12.3 Å². The van der Waals surface area contributed by atoms with E-state index in [0.717, 1.165) is 18.4 Å². The van der Waals surface area contributed by atoms with Gasteiger partial charge in [-0.15, -0.1) is 24.8 Å². The average molecular weight is 378 g/mol. The van der Waals surface area contributed by atoms with Crippen molar-refractivity contribution in [2.45, 2.75) is 38.6 Å². The Morgan fingerprint density at radius 2 is 2.04 bits per heavy atom. The molecule has 0 bridgehead atoms. The van der Waals surface area contributed by atoms with Crippen LogP contribution in [0.4, 0.5) is 0 Å². The minimum atomic E-state index is -0.439. The lowest BCUT2D eigenvalue weighted by atomic mass is 9.88. The van der Waals surface area contributed by atoms with Gasteiger partial charge in [-0.05, 0) is 36.3 Å². The van der Waals surface area contributed by atoms with Gasteiger partial charge in [0.1, 0.15) is 0 Å². The van der Waals surface area contributed by atoms with E-state index in [1.165, 1.54) is 0 Å². The summed E-state index contributed by atoms with van der Waals surface area (Å²) in [6.07, 6.45) is 5.37. The van der Waals surface area contributed by atoms with Gasteiger partial charge in [-0.3, -0.25) is 9.78 Å². The molecule has 2 rings (SSSR count). The monoisotopic (exact) mass is 377 g/mol. The SMILES string of the molecule is CC(C)C(CNC(=O)C(N)C1CCOCC1)c1cccnc1.Cl.Cl. The topological polar surface area (TPSA) is 77.2 Å². The fraction of sp³-hybridized carbons (Fsp3) is 0.647. The van der Waals surface area contributed by atoms with Crippen molar-refractivity contribution in [1.82, 2.24) is 10.3 Å². The second-order valence-electron chi connectivity index (χ2n) is 6.36. The Kier molecular flexibility index (Phi) is 11.2. The van der Waals surface area contributed by atoms with E-state index in [2.05, 4.69) is 30.2 Å². The normalized spacial score (nSPS) is 17.3. The number of nitrogens with zero attached hydrogens (tertiary/aromatic N) is 1. The molecule has 0 radical (unpaired) electrons. The first kappa shape index (κ1) is 23.1. The lowest BCUT2D eigenvalue weighted by Crippen LogP contribution is -2.48. The van der Waals surface area contributed by atoms with Crippen LogP contribution in [0.25, 0.3) is 0 Å². The first-order valence-corrected chi connectivity index (χ1v) is 8.10. The van der Waals surface area contributed by atoms with Crippen LogP contribution in [0.2, 0.25) is 0 Å².